The van der Waals surface area contributed by atoms with E-state index in [0.29, 0.717) is 38.4 Å². The number of tetrazole rings is 1. The summed E-state index contributed by atoms with van der Waals surface area (Å²) in [5.41, 5.74) is 3.30. The van der Waals surface area contributed by atoms with Crippen molar-refractivity contribution in [1.29, 1.82) is 0 Å². The summed E-state index contributed by atoms with van der Waals surface area (Å²) in [6, 6.07) is 12.2. The zero-order chi connectivity index (χ0) is 22.6. The van der Waals surface area contributed by atoms with Gasteiger partial charge in [0.25, 0.3) is 0 Å². The van der Waals surface area contributed by atoms with E-state index in [1.165, 1.54) is 15.3 Å². The van der Waals surface area contributed by atoms with E-state index >= 15 is 0 Å². The first kappa shape index (κ1) is 22.1. The van der Waals surface area contributed by atoms with E-state index in [1.54, 1.807) is 24.3 Å². The Morgan fingerprint density at radius 3 is 2.56 bits per heavy atom. The van der Waals surface area contributed by atoms with Crippen molar-refractivity contribution in [2.75, 3.05) is 31.6 Å². The summed E-state index contributed by atoms with van der Waals surface area (Å²) in [5, 5.41) is 14.1. The second-order valence-electron chi connectivity index (χ2n) is 7.46. The Labute approximate surface area is 186 Å². The molecule has 11 heteroatoms. The normalized spacial score (nSPS) is 14.9. The maximum Gasteiger partial charge on any atom is 0.243 e. The number of sulfonamides is 1. The lowest BCUT2D eigenvalue weighted by Gasteiger charge is -2.26. The number of hydrogen-bond donors (Lipinski definition) is 1. The molecular weight excluding hydrogens is 432 g/mol. The third kappa shape index (κ3) is 5.01. The van der Waals surface area contributed by atoms with Crippen LogP contribution in [0.3, 0.4) is 0 Å². The second kappa shape index (κ2) is 9.55. The van der Waals surface area contributed by atoms with Crippen LogP contribution in [0.5, 0.6) is 0 Å². The molecule has 1 saturated heterocycles. The highest BCUT2D eigenvalue weighted by Gasteiger charge is 2.26. The third-order valence-corrected chi connectivity index (χ3v) is 7.17. The number of benzene rings is 2. The van der Waals surface area contributed by atoms with Gasteiger partial charge in [-0.15, -0.1) is 5.10 Å². The highest BCUT2D eigenvalue weighted by Crippen LogP contribution is 2.20. The van der Waals surface area contributed by atoms with Gasteiger partial charge in [0.2, 0.25) is 15.9 Å². The molecule has 1 N–H and O–H groups in total. The Balaban J connectivity index is 1.35. The molecule has 32 heavy (non-hydrogen) atoms. The summed E-state index contributed by atoms with van der Waals surface area (Å²) < 4.78 is 33.6. The lowest BCUT2D eigenvalue weighted by Crippen LogP contribution is -2.40. The van der Waals surface area contributed by atoms with Crippen LogP contribution in [-0.2, 0) is 26.0 Å². The summed E-state index contributed by atoms with van der Waals surface area (Å²) in [6.45, 7) is 3.47. The molecule has 0 unspecified atom stereocenters. The predicted octanol–water partition coefficient (Wildman–Crippen LogP) is 1.56. The Hall–Kier alpha value is -3.15. The van der Waals surface area contributed by atoms with Gasteiger partial charge in [0, 0.05) is 25.2 Å². The maximum atomic E-state index is 12.7. The molecule has 1 aliphatic rings. The molecule has 1 amide bonds. The van der Waals surface area contributed by atoms with Crippen LogP contribution in [0.15, 0.2) is 53.7 Å². The Morgan fingerprint density at radius 1 is 1.12 bits per heavy atom. The number of amides is 1. The standard InChI is InChI=1S/C21H24N6O4S/c1-16-2-6-18(14-20(16)27-15-22-24-25-27)23-21(28)9-5-17-3-7-19(8-4-17)32(29,30)26-10-12-31-13-11-26/h2-4,6-8,14-15H,5,9-13H2,1H3,(H,23,28). The minimum absolute atomic E-state index is 0.137. The number of rotatable bonds is 7. The van der Waals surface area contributed by atoms with Crippen LogP contribution >= 0.6 is 0 Å². The van der Waals surface area contributed by atoms with Gasteiger partial charge in [-0.2, -0.15) is 4.31 Å². The number of aromatic nitrogens is 4. The number of anilines is 1. The second-order valence-corrected chi connectivity index (χ2v) is 9.40. The first-order valence-electron chi connectivity index (χ1n) is 10.2. The zero-order valence-corrected chi connectivity index (χ0v) is 18.5. The predicted molar refractivity (Wildman–Crippen MR) is 117 cm³/mol. The Kier molecular flexibility index (Phi) is 6.58. The van der Waals surface area contributed by atoms with Gasteiger partial charge in [-0.1, -0.05) is 18.2 Å². The number of nitrogens with zero attached hydrogens (tertiary/aromatic N) is 5. The molecule has 2 aromatic carbocycles. The van der Waals surface area contributed by atoms with Crippen molar-refractivity contribution in [2.24, 2.45) is 0 Å². The highest BCUT2D eigenvalue weighted by atomic mass is 32.2. The molecule has 4 rings (SSSR count). The molecule has 0 atom stereocenters. The van der Waals surface area contributed by atoms with E-state index in [-0.39, 0.29) is 17.2 Å². The van der Waals surface area contributed by atoms with Crippen LogP contribution in [0.4, 0.5) is 5.69 Å². The molecule has 0 bridgehead atoms. The number of aryl methyl sites for hydroxylation is 2. The van der Waals surface area contributed by atoms with Crippen molar-refractivity contribution >= 4 is 21.6 Å². The van der Waals surface area contributed by atoms with Crippen molar-refractivity contribution in [1.82, 2.24) is 24.5 Å². The molecule has 0 radical (unpaired) electrons. The van der Waals surface area contributed by atoms with Gasteiger partial charge in [0.15, 0.2) is 0 Å². The van der Waals surface area contributed by atoms with E-state index in [0.717, 1.165) is 16.8 Å². The van der Waals surface area contributed by atoms with Crippen LogP contribution in [-0.4, -0.2) is 65.1 Å². The van der Waals surface area contributed by atoms with E-state index in [2.05, 4.69) is 20.8 Å². The summed E-state index contributed by atoms with van der Waals surface area (Å²) in [5.74, 6) is -0.137. The van der Waals surface area contributed by atoms with E-state index < -0.39 is 10.0 Å². The van der Waals surface area contributed by atoms with E-state index in [4.69, 9.17) is 4.74 Å². The molecule has 0 saturated carbocycles. The molecule has 168 valence electrons. The summed E-state index contributed by atoms with van der Waals surface area (Å²) in [7, 11) is -3.52. The van der Waals surface area contributed by atoms with Crippen LogP contribution < -0.4 is 5.32 Å². The molecular formula is C21H24N6O4S. The minimum Gasteiger partial charge on any atom is -0.379 e. The van der Waals surface area contributed by atoms with E-state index in [1.807, 2.05) is 25.1 Å². The highest BCUT2D eigenvalue weighted by molar-refractivity contribution is 7.89. The number of hydrogen-bond acceptors (Lipinski definition) is 7. The maximum absolute atomic E-state index is 12.7. The van der Waals surface area contributed by atoms with Gasteiger partial charge in [0.1, 0.15) is 6.33 Å². The van der Waals surface area contributed by atoms with Gasteiger partial charge in [-0.05, 0) is 59.2 Å². The fraction of sp³-hybridized carbons (Fsp3) is 0.333. The number of ether oxygens (including phenoxy) is 1. The third-order valence-electron chi connectivity index (χ3n) is 5.26. The number of carbonyl (C=O) groups excluding carboxylic acids is 1. The van der Waals surface area contributed by atoms with Gasteiger partial charge in [-0.25, -0.2) is 13.1 Å². The molecule has 0 aliphatic carbocycles. The van der Waals surface area contributed by atoms with Crippen LogP contribution in [0.1, 0.15) is 17.5 Å². The molecule has 1 fully saturated rings. The quantitative estimate of drug-likeness (QED) is 0.573. The van der Waals surface area contributed by atoms with Crippen molar-refractivity contribution < 1.29 is 17.9 Å². The Morgan fingerprint density at radius 2 is 1.88 bits per heavy atom. The fourth-order valence-corrected chi connectivity index (χ4v) is 4.86. The number of morpholine rings is 1. The summed E-state index contributed by atoms with van der Waals surface area (Å²) in [6.07, 6.45) is 2.26. The fourth-order valence-electron chi connectivity index (χ4n) is 3.45. The first-order chi connectivity index (χ1) is 15.4. The van der Waals surface area contributed by atoms with Gasteiger partial charge in [0.05, 0.1) is 23.8 Å². The molecule has 1 aliphatic heterocycles. The topological polar surface area (TPSA) is 119 Å². The lowest BCUT2D eigenvalue weighted by atomic mass is 10.1. The summed E-state index contributed by atoms with van der Waals surface area (Å²) >= 11 is 0. The molecule has 1 aromatic heterocycles. The number of nitrogens with one attached hydrogen (secondary N) is 1. The van der Waals surface area contributed by atoms with Crippen LogP contribution in [0.2, 0.25) is 0 Å². The largest absolute Gasteiger partial charge is 0.379 e. The first-order valence-corrected chi connectivity index (χ1v) is 11.7. The monoisotopic (exact) mass is 456 g/mol. The molecule has 0 spiro atoms. The van der Waals surface area contributed by atoms with Crippen LogP contribution in [0, 0.1) is 6.92 Å². The van der Waals surface area contributed by atoms with Crippen molar-refractivity contribution in [3.63, 3.8) is 0 Å². The smallest absolute Gasteiger partial charge is 0.243 e. The lowest BCUT2D eigenvalue weighted by molar-refractivity contribution is -0.116. The average Bonchev–Trinajstić information content (AvgIpc) is 3.35. The summed E-state index contributed by atoms with van der Waals surface area (Å²) in [4.78, 5) is 12.7. The van der Waals surface area contributed by atoms with Gasteiger partial charge >= 0.3 is 0 Å². The van der Waals surface area contributed by atoms with E-state index in [9.17, 15) is 13.2 Å². The zero-order valence-electron chi connectivity index (χ0n) is 17.6. The van der Waals surface area contributed by atoms with Crippen molar-refractivity contribution in [2.45, 2.75) is 24.7 Å². The molecule has 3 aromatic rings. The Bertz CT molecular complexity index is 1170. The average molecular weight is 457 g/mol. The molecule has 2 heterocycles. The van der Waals surface area contributed by atoms with Crippen molar-refractivity contribution in [3.05, 3.63) is 59.9 Å². The van der Waals surface area contributed by atoms with Gasteiger partial charge < -0.3 is 10.1 Å². The molecule has 10 nitrogen and oxygen atoms in total. The number of carbonyl (C=O) groups is 1. The van der Waals surface area contributed by atoms with Crippen molar-refractivity contribution in [3.8, 4) is 5.69 Å². The minimum atomic E-state index is -3.52. The van der Waals surface area contributed by atoms with Gasteiger partial charge in [-0.3, -0.25) is 4.79 Å². The van der Waals surface area contributed by atoms with Crippen LogP contribution in [0.25, 0.3) is 5.69 Å². The SMILES string of the molecule is Cc1ccc(NC(=O)CCc2ccc(S(=O)(=O)N3CCOCC3)cc2)cc1-n1cnnn1.